The quantitative estimate of drug-likeness (QED) is 0.601. The first-order valence-electron chi connectivity index (χ1n) is 5.26. The summed E-state index contributed by atoms with van der Waals surface area (Å²) in [7, 11) is -1.57. The van der Waals surface area contributed by atoms with Crippen molar-refractivity contribution in [2.45, 2.75) is 0 Å². The highest BCUT2D eigenvalue weighted by Crippen LogP contribution is 2.06. The van der Waals surface area contributed by atoms with E-state index in [-0.39, 0.29) is 6.44 Å². The standard InChI is InChI=1S/C10H11BN4O3/c16-10(13-7-11(17)18)8-5-14-15(6-8)9-1-3-12-4-2-9/h1-6,17-18H,7H2,(H,13,16). The van der Waals surface area contributed by atoms with Gasteiger partial charge < -0.3 is 15.4 Å². The van der Waals surface area contributed by atoms with Gasteiger partial charge in [0.15, 0.2) is 0 Å². The van der Waals surface area contributed by atoms with E-state index in [1.54, 1.807) is 30.7 Å². The van der Waals surface area contributed by atoms with Crippen molar-refractivity contribution in [2.24, 2.45) is 0 Å². The third-order valence-electron chi connectivity index (χ3n) is 2.22. The fraction of sp³-hybridized carbons (Fsp3) is 0.100. The molecule has 2 aromatic heterocycles. The summed E-state index contributed by atoms with van der Waals surface area (Å²) >= 11 is 0. The molecule has 1 amide bonds. The van der Waals surface area contributed by atoms with Gasteiger partial charge in [-0.2, -0.15) is 5.10 Å². The maximum atomic E-state index is 11.6. The average molecular weight is 246 g/mol. The van der Waals surface area contributed by atoms with E-state index in [2.05, 4.69) is 15.4 Å². The molecule has 2 rings (SSSR count). The number of hydrogen-bond acceptors (Lipinski definition) is 5. The number of rotatable bonds is 4. The fourth-order valence-corrected chi connectivity index (χ4v) is 1.36. The minimum atomic E-state index is -1.57. The van der Waals surface area contributed by atoms with Crippen LogP contribution >= 0.6 is 0 Å². The van der Waals surface area contributed by atoms with Gasteiger partial charge in [0.05, 0.1) is 23.9 Å². The predicted molar refractivity (Wildman–Crippen MR) is 63.9 cm³/mol. The van der Waals surface area contributed by atoms with Crippen LogP contribution in [0.3, 0.4) is 0 Å². The van der Waals surface area contributed by atoms with E-state index >= 15 is 0 Å². The molecule has 2 heterocycles. The summed E-state index contributed by atoms with van der Waals surface area (Å²) in [5.74, 6) is -0.414. The van der Waals surface area contributed by atoms with Gasteiger partial charge in [0.25, 0.3) is 5.91 Å². The van der Waals surface area contributed by atoms with Gasteiger partial charge >= 0.3 is 7.12 Å². The minimum absolute atomic E-state index is 0.223. The van der Waals surface area contributed by atoms with Crippen molar-refractivity contribution in [1.82, 2.24) is 20.1 Å². The highest BCUT2D eigenvalue weighted by Gasteiger charge is 2.12. The molecule has 8 heteroatoms. The molecule has 0 aliphatic rings. The van der Waals surface area contributed by atoms with Gasteiger partial charge in [-0.3, -0.25) is 9.78 Å². The first-order chi connectivity index (χ1) is 8.66. The third-order valence-corrected chi connectivity index (χ3v) is 2.22. The number of nitrogens with one attached hydrogen (secondary N) is 1. The van der Waals surface area contributed by atoms with Crippen molar-refractivity contribution < 1.29 is 14.8 Å². The summed E-state index contributed by atoms with van der Waals surface area (Å²) < 4.78 is 1.53. The van der Waals surface area contributed by atoms with Gasteiger partial charge in [0, 0.05) is 18.6 Å². The van der Waals surface area contributed by atoms with Gasteiger partial charge in [0.1, 0.15) is 0 Å². The SMILES string of the molecule is O=C(NCB(O)O)c1cnn(-c2ccncc2)c1. The van der Waals surface area contributed by atoms with Crippen LogP contribution in [0, 0.1) is 0 Å². The van der Waals surface area contributed by atoms with E-state index in [0.717, 1.165) is 5.69 Å². The van der Waals surface area contributed by atoms with Crippen molar-refractivity contribution >= 4 is 13.0 Å². The number of hydrogen-bond donors (Lipinski definition) is 3. The third kappa shape index (κ3) is 2.93. The zero-order valence-corrected chi connectivity index (χ0v) is 9.39. The van der Waals surface area contributed by atoms with Crippen LogP contribution in [0.1, 0.15) is 10.4 Å². The Hall–Kier alpha value is -2.19. The van der Waals surface area contributed by atoms with Gasteiger partial charge in [-0.25, -0.2) is 4.68 Å². The number of amides is 1. The summed E-state index contributed by atoms with van der Waals surface area (Å²) in [4.78, 5) is 15.5. The van der Waals surface area contributed by atoms with E-state index in [4.69, 9.17) is 10.0 Å². The van der Waals surface area contributed by atoms with Crippen LogP contribution in [0.15, 0.2) is 36.9 Å². The van der Waals surface area contributed by atoms with Crippen LogP contribution in [0.5, 0.6) is 0 Å². The number of carbonyl (C=O) groups excluding carboxylic acids is 1. The Morgan fingerprint density at radius 1 is 1.39 bits per heavy atom. The molecule has 92 valence electrons. The maximum absolute atomic E-state index is 11.6. The molecule has 2 aromatic rings. The summed E-state index contributed by atoms with van der Waals surface area (Å²) in [6, 6.07) is 3.51. The van der Waals surface area contributed by atoms with E-state index in [9.17, 15) is 4.79 Å². The Kier molecular flexibility index (Phi) is 3.70. The van der Waals surface area contributed by atoms with Crippen molar-refractivity contribution in [3.63, 3.8) is 0 Å². The van der Waals surface area contributed by atoms with Crippen molar-refractivity contribution in [1.29, 1.82) is 0 Å². The molecule has 0 atom stereocenters. The van der Waals surface area contributed by atoms with E-state index < -0.39 is 13.0 Å². The Balaban J connectivity index is 2.09. The average Bonchev–Trinajstić information content (AvgIpc) is 2.86. The van der Waals surface area contributed by atoms with Crippen LogP contribution in [-0.4, -0.2) is 44.3 Å². The number of carbonyl (C=O) groups is 1. The maximum Gasteiger partial charge on any atom is 0.472 e. The molecule has 0 aliphatic heterocycles. The lowest BCUT2D eigenvalue weighted by atomic mass is 9.92. The smallest absolute Gasteiger partial charge is 0.426 e. The molecule has 0 saturated carbocycles. The Morgan fingerprint density at radius 2 is 2.11 bits per heavy atom. The molecule has 7 nitrogen and oxygen atoms in total. The van der Waals surface area contributed by atoms with E-state index in [1.807, 2.05) is 0 Å². The summed E-state index contributed by atoms with van der Waals surface area (Å²) in [5, 5.41) is 23.7. The number of aromatic nitrogens is 3. The van der Waals surface area contributed by atoms with Crippen molar-refractivity contribution in [3.05, 3.63) is 42.5 Å². The molecule has 0 aromatic carbocycles. The molecule has 0 fully saturated rings. The largest absolute Gasteiger partial charge is 0.472 e. The molecule has 0 radical (unpaired) electrons. The van der Waals surface area contributed by atoms with Crippen molar-refractivity contribution in [3.8, 4) is 5.69 Å². The molecule has 0 aliphatic carbocycles. The van der Waals surface area contributed by atoms with Crippen LogP contribution in [0.4, 0.5) is 0 Å². The second kappa shape index (κ2) is 5.43. The van der Waals surface area contributed by atoms with Gasteiger partial charge in [0.2, 0.25) is 0 Å². The summed E-state index contributed by atoms with van der Waals surface area (Å²) in [5.41, 5.74) is 1.12. The summed E-state index contributed by atoms with van der Waals surface area (Å²) in [6.07, 6.45) is 5.98. The second-order valence-corrected chi connectivity index (χ2v) is 3.57. The molecule has 0 saturated heterocycles. The van der Waals surface area contributed by atoms with E-state index in [1.165, 1.54) is 10.9 Å². The van der Waals surface area contributed by atoms with Crippen molar-refractivity contribution in [2.75, 3.05) is 6.44 Å². The molecule has 3 N–H and O–H groups in total. The Morgan fingerprint density at radius 3 is 2.78 bits per heavy atom. The van der Waals surface area contributed by atoms with Gasteiger partial charge in [-0.05, 0) is 12.1 Å². The number of pyridine rings is 1. The monoisotopic (exact) mass is 246 g/mol. The Labute approximate surface area is 103 Å². The first-order valence-corrected chi connectivity index (χ1v) is 5.26. The predicted octanol–water partition coefficient (Wildman–Crippen LogP) is -0.991. The Bertz CT molecular complexity index is 529. The molecule has 18 heavy (non-hydrogen) atoms. The molecule has 0 bridgehead atoms. The van der Waals surface area contributed by atoms with E-state index in [0.29, 0.717) is 5.56 Å². The van der Waals surface area contributed by atoms with Crippen LogP contribution in [0.2, 0.25) is 0 Å². The zero-order valence-electron chi connectivity index (χ0n) is 9.39. The topological polar surface area (TPSA) is 100 Å². The molecular formula is C10H11BN4O3. The van der Waals surface area contributed by atoms with Crippen LogP contribution < -0.4 is 5.32 Å². The zero-order chi connectivity index (χ0) is 13.0. The first kappa shape index (κ1) is 12.3. The molecule has 0 unspecified atom stereocenters. The minimum Gasteiger partial charge on any atom is -0.426 e. The second-order valence-electron chi connectivity index (χ2n) is 3.57. The highest BCUT2D eigenvalue weighted by molar-refractivity contribution is 6.41. The molecular weight excluding hydrogens is 235 g/mol. The lowest BCUT2D eigenvalue weighted by molar-refractivity contribution is 0.0956. The normalized spacial score (nSPS) is 10.1. The lowest BCUT2D eigenvalue weighted by Crippen LogP contribution is -2.34. The van der Waals surface area contributed by atoms with Gasteiger partial charge in [-0.1, -0.05) is 0 Å². The summed E-state index contributed by atoms with van der Waals surface area (Å²) in [6.45, 7) is 0. The number of nitrogens with zero attached hydrogens (tertiary/aromatic N) is 3. The fourth-order valence-electron chi connectivity index (χ4n) is 1.36. The van der Waals surface area contributed by atoms with Crippen LogP contribution in [-0.2, 0) is 0 Å². The highest BCUT2D eigenvalue weighted by atomic mass is 16.4. The molecule has 0 spiro atoms. The van der Waals surface area contributed by atoms with Gasteiger partial charge in [-0.15, -0.1) is 0 Å². The lowest BCUT2D eigenvalue weighted by Gasteiger charge is -2.01. The van der Waals surface area contributed by atoms with Crippen LogP contribution in [0.25, 0.3) is 5.69 Å².